The summed E-state index contributed by atoms with van der Waals surface area (Å²) in [7, 11) is 7.81. The molecule has 7 rings (SSSR count). The number of nitrogens with one attached hydrogen (secondary N) is 2. The van der Waals surface area contributed by atoms with Crippen LogP contribution in [0.15, 0.2) is 115 Å². The summed E-state index contributed by atoms with van der Waals surface area (Å²) in [4.78, 5) is 135. The molecule has 7 atom stereocenters. The smallest absolute Gasteiger partial charge is 0.330 e. The van der Waals surface area contributed by atoms with E-state index in [0.717, 1.165) is 11.1 Å². The summed E-state index contributed by atoms with van der Waals surface area (Å²) in [6, 6.07) is 25.0. The van der Waals surface area contributed by atoms with Gasteiger partial charge in [-0.3, -0.25) is 38.5 Å². The minimum Gasteiger partial charge on any atom is -0.493 e. The monoisotopic (exact) mass is 1240 g/mol. The topological polar surface area (TPSA) is 251 Å². The number of rotatable bonds is 10. The number of anilines is 1. The molecule has 3 aliphatic heterocycles. The minimum absolute atomic E-state index is 0.00896. The van der Waals surface area contributed by atoms with E-state index in [4.69, 9.17) is 18.9 Å². The van der Waals surface area contributed by atoms with Crippen molar-refractivity contribution < 1.29 is 67.2 Å². The van der Waals surface area contributed by atoms with E-state index in [1.165, 1.54) is 59.8 Å². The molecule has 2 fully saturated rings. The molecule has 2 unspecified atom stereocenters. The highest BCUT2D eigenvalue weighted by molar-refractivity contribution is 6.38. The van der Waals surface area contributed by atoms with Gasteiger partial charge in [-0.05, 0) is 130 Å². The number of cyclic esters (lactones) is 2. The second kappa shape index (κ2) is 32.4. The zero-order valence-electron chi connectivity index (χ0n) is 53.4. The number of methoxy groups -OCH3 is 2. The van der Waals surface area contributed by atoms with Crippen molar-refractivity contribution in [2.24, 2.45) is 11.3 Å². The number of hydrogen-bond acceptors (Lipinski definition) is 15. The van der Waals surface area contributed by atoms with Crippen LogP contribution in [0.3, 0.4) is 0 Å². The average Bonchev–Trinajstić information content (AvgIpc) is 1.52. The van der Waals surface area contributed by atoms with E-state index in [9.17, 15) is 43.5 Å². The molecule has 4 aromatic rings. The van der Waals surface area contributed by atoms with E-state index < -0.39 is 95.9 Å². The third-order valence-electron chi connectivity index (χ3n) is 17.1. The first-order valence-corrected chi connectivity index (χ1v) is 31.1. The number of fused-ring (bicyclic) bond motifs is 4. The minimum atomic E-state index is -1.50. The molecule has 0 spiro atoms. The number of hydrogen-bond donors (Lipinski definition) is 3. The van der Waals surface area contributed by atoms with Crippen molar-refractivity contribution in [1.82, 2.24) is 29.8 Å². The predicted molar refractivity (Wildman–Crippen MR) is 337 cm³/mol. The van der Waals surface area contributed by atoms with Crippen molar-refractivity contribution >= 4 is 58.9 Å². The quantitative estimate of drug-likeness (QED) is 0.105. The molecule has 0 radical (unpaired) electrons. The van der Waals surface area contributed by atoms with Crippen molar-refractivity contribution in [3.63, 3.8) is 0 Å². The van der Waals surface area contributed by atoms with Crippen molar-refractivity contribution in [1.29, 1.82) is 0 Å². The third-order valence-corrected chi connectivity index (χ3v) is 17.1. The Hall–Kier alpha value is -8.43. The van der Waals surface area contributed by atoms with Crippen LogP contribution < -0.4 is 20.1 Å². The van der Waals surface area contributed by atoms with E-state index in [1.807, 2.05) is 56.3 Å². The summed E-state index contributed by atoms with van der Waals surface area (Å²) < 4.78 is 22.9. The van der Waals surface area contributed by atoms with E-state index >= 15 is 4.79 Å². The van der Waals surface area contributed by atoms with Crippen molar-refractivity contribution in [3.05, 3.63) is 138 Å². The molecular weight excluding hydrogens is 1150 g/mol. The number of aliphatic hydroxyl groups excluding tert-OH is 1. The Bertz CT molecular complexity index is 3190. The molecule has 484 valence electrons. The molecule has 21 heteroatoms. The lowest BCUT2D eigenvalue weighted by Crippen LogP contribution is -2.60. The molecular formula is C69H89N7O14. The van der Waals surface area contributed by atoms with Crippen LogP contribution in [0, 0.1) is 11.3 Å². The van der Waals surface area contributed by atoms with Crippen molar-refractivity contribution in [2.45, 2.75) is 147 Å². The number of Topliss-reactive ketones (excluding diaryl/α,β-unsaturated/α-hetero) is 1. The number of aliphatic hydroxyl groups is 1. The fraction of sp³-hybridized carbons (Fsp3) is 0.493. The molecule has 2 saturated heterocycles. The Labute approximate surface area is 528 Å². The van der Waals surface area contributed by atoms with E-state index in [0.29, 0.717) is 73.4 Å². The van der Waals surface area contributed by atoms with Gasteiger partial charge in [0.25, 0.3) is 5.91 Å². The standard InChI is InChI=1S/C69H89N7O14/c1-45(2)40-53-63(81)72(5)37-18-17-30-60(79)89-44-69(3,4)62(80)67(85)76-38-19-16-28-52(76)68(86)90-55(33-31-47-32-34-56(87-8)57(42-47)88-9)49-26-20-27-50(43-49)70-58(77)35-36-59(78)71-61(48-24-14-11-15-25-48)66(84)74(7)54(41-46-22-12-10-13-23-46)65(83)75-39-21-29-51(75)64(82)73(53)6/h10-15,17,20,22-27,30,32,34,42-43,45,51-55,61,65,83H,16,18-19,21,28-29,31,33,35-41,44H2,1-9H3,(H,70,77)(H,71,78)/t51-,52?,53+,54+,55-,61+,65?/m1/s1. The highest BCUT2D eigenvalue weighted by Crippen LogP contribution is 2.34. The maximum atomic E-state index is 15.1. The molecule has 21 nitrogen and oxygen atoms in total. The predicted octanol–water partition coefficient (Wildman–Crippen LogP) is 7.16. The maximum Gasteiger partial charge on any atom is 0.330 e. The number of ether oxygens (including phenoxy) is 4. The molecule has 4 aromatic carbocycles. The van der Waals surface area contributed by atoms with Gasteiger partial charge < -0.3 is 54.3 Å². The highest BCUT2D eigenvalue weighted by Gasteiger charge is 2.45. The Morgan fingerprint density at radius 3 is 2.07 bits per heavy atom. The number of benzene rings is 4. The van der Waals surface area contributed by atoms with Gasteiger partial charge in [0.1, 0.15) is 37.1 Å². The maximum absolute atomic E-state index is 15.1. The van der Waals surface area contributed by atoms with Crippen LogP contribution in [0.1, 0.15) is 126 Å². The van der Waals surface area contributed by atoms with Crippen LogP contribution in [0.25, 0.3) is 0 Å². The van der Waals surface area contributed by atoms with Crippen LogP contribution in [-0.2, 0) is 65.5 Å². The number of carbonyl (C=O) groups is 9. The first-order chi connectivity index (χ1) is 43.0. The molecule has 0 aromatic heterocycles. The summed E-state index contributed by atoms with van der Waals surface area (Å²) >= 11 is 0. The van der Waals surface area contributed by atoms with E-state index in [2.05, 4.69) is 10.6 Å². The van der Waals surface area contributed by atoms with Gasteiger partial charge in [-0.15, -0.1) is 0 Å². The molecule has 0 aliphatic carbocycles. The van der Waals surface area contributed by atoms with Crippen LogP contribution in [0.2, 0.25) is 0 Å². The molecule has 3 aliphatic rings. The van der Waals surface area contributed by atoms with Gasteiger partial charge in [0, 0.05) is 65.4 Å². The fourth-order valence-corrected chi connectivity index (χ4v) is 11.8. The third kappa shape index (κ3) is 18.1. The molecule has 3 N–H and O–H groups in total. The average molecular weight is 1240 g/mol. The molecule has 6 amide bonds. The SMILES string of the molecule is COc1ccc(CC[C@H]2OC(=O)C3CCCCN3C(=O)C(=O)C(C)(C)COC(=O)C=CCCN(C)C(=O)[C@H](CC(C)C)N(C)C(=O)[C@H]3CCCN3C(O)[C@H](Cc3ccccc3)N(C)C(=O)[C@H](c3ccccc3)NC(=O)CCC(=O)Nc3cccc2c3)cc1OC. The second-order valence-electron chi connectivity index (χ2n) is 24.6. The number of amides is 6. The lowest BCUT2D eigenvalue weighted by molar-refractivity contribution is -0.165. The number of piperidine rings is 1. The van der Waals surface area contributed by atoms with Crippen molar-refractivity contribution in [2.75, 3.05) is 66.9 Å². The number of esters is 2. The number of ketones is 1. The lowest BCUT2D eigenvalue weighted by Gasteiger charge is -2.41. The normalized spacial score (nSPS) is 24.0. The van der Waals surface area contributed by atoms with Crippen molar-refractivity contribution in [3.8, 4) is 11.5 Å². The first-order valence-electron chi connectivity index (χ1n) is 31.1. The van der Waals surface area contributed by atoms with Crippen LogP contribution in [0.5, 0.6) is 11.5 Å². The zero-order valence-corrected chi connectivity index (χ0v) is 53.4. The van der Waals surface area contributed by atoms with E-state index in [1.54, 1.807) is 86.7 Å². The summed E-state index contributed by atoms with van der Waals surface area (Å²) in [5.74, 6) is -4.70. The van der Waals surface area contributed by atoms with Gasteiger partial charge in [-0.1, -0.05) is 98.8 Å². The van der Waals surface area contributed by atoms with Gasteiger partial charge in [0.2, 0.25) is 35.3 Å². The van der Waals surface area contributed by atoms with Crippen LogP contribution in [-0.4, -0.2) is 175 Å². The first kappa shape index (κ1) is 69.1. The number of carbonyl (C=O) groups excluding carboxylic acids is 9. The largest absolute Gasteiger partial charge is 0.493 e. The van der Waals surface area contributed by atoms with Gasteiger partial charge in [0.05, 0.1) is 31.7 Å². The number of nitrogens with zero attached hydrogens (tertiary/aromatic N) is 5. The van der Waals surface area contributed by atoms with Gasteiger partial charge >= 0.3 is 11.9 Å². The van der Waals surface area contributed by atoms with Gasteiger partial charge in [0.15, 0.2) is 11.5 Å². The number of aryl methyl sites for hydroxylation is 1. The Balaban J connectivity index is 1.20. The Morgan fingerprint density at radius 1 is 0.689 bits per heavy atom. The fourth-order valence-electron chi connectivity index (χ4n) is 11.8. The molecule has 0 saturated carbocycles. The molecule has 3 heterocycles. The Kier molecular flexibility index (Phi) is 24.8. The highest BCUT2D eigenvalue weighted by atomic mass is 16.5. The summed E-state index contributed by atoms with van der Waals surface area (Å²) in [5.41, 5.74) is 1.42. The lowest BCUT2D eigenvalue weighted by atomic mass is 9.87. The molecule has 2 bridgehead atoms. The number of likely N-dealkylation sites (N-methyl/N-ethyl adjacent to an activating group) is 3. The zero-order chi connectivity index (χ0) is 65.2. The summed E-state index contributed by atoms with van der Waals surface area (Å²) in [5, 5.41) is 18.4. The second-order valence-corrected chi connectivity index (χ2v) is 24.6. The van der Waals surface area contributed by atoms with Gasteiger partial charge in [-0.2, -0.15) is 0 Å². The summed E-state index contributed by atoms with van der Waals surface area (Å²) in [6.07, 6.45) is 3.30. The Morgan fingerprint density at radius 2 is 1.37 bits per heavy atom. The summed E-state index contributed by atoms with van der Waals surface area (Å²) in [6.45, 7) is 6.98. The van der Waals surface area contributed by atoms with Crippen LogP contribution >= 0.6 is 0 Å². The van der Waals surface area contributed by atoms with Crippen LogP contribution in [0.4, 0.5) is 5.69 Å². The van der Waals surface area contributed by atoms with Gasteiger partial charge in [-0.25, -0.2) is 9.59 Å². The molecule has 90 heavy (non-hydrogen) atoms. The van der Waals surface area contributed by atoms with E-state index in [-0.39, 0.29) is 69.3 Å².